The van der Waals surface area contributed by atoms with Gasteiger partial charge in [0.2, 0.25) is 0 Å². The van der Waals surface area contributed by atoms with Crippen molar-refractivity contribution in [3.8, 4) is 5.75 Å². The number of rotatable bonds is 6. The summed E-state index contributed by atoms with van der Waals surface area (Å²) in [6, 6.07) is 9.82. The van der Waals surface area contributed by atoms with E-state index in [9.17, 15) is 23.6 Å². The molecule has 0 radical (unpaired) electrons. The summed E-state index contributed by atoms with van der Waals surface area (Å²) >= 11 is 0. The van der Waals surface area contributed by atoms with Gasteiger partial charge in [0.15, 0.2) is 0 Å². The third-order valence-electron chi connectivity index (χ3n) is 3.52. The van der Waals surface area contributed by atoms with Crippen LogP contribution < -0.4 is 4.83 Å². The summed E-state index contributed by atoms with van der Waals surface area (Å²) in [6.07, 6.45) is 0.446. The van der Waals surface area contributed by atoms with Crippen LogP contribution in [0.1, 0.15) is 24.5 Å². The highest BCUT2D eigenvalue weighted by molar-refractivity contribution is 7.89. The van der Waals surface area contributed by atoms with E-state index in [1.54, 1.807) is 19.1 Å². The summed E-state index contributed by atoms with van der Waals surface area (Å²) in [5.41, 5.74) is 1.20. The first-order valence-corrected chi connectivity index (χ1v) is 8.85. The summed E-state index contributed by atoms with van der Waals surface area (Å²) < 4.78 is 24.7. The van der Waals surface area contributed by atoms with Crippen LogP contribution in [0.2, 0.25) is 0 Å². The lowest BCUT2D eigenvalue weighted by Gasteiger charge is -2.08. The monoisotopic (exact) mass is 363 g/mol. The Morgan fingerprint density at radius 2 is 1.88 bits per heavy atom. The number of phenols is 1. The van der Waals surface area contributed by atoms with E-state index < -0.39 is 14.9 Å². The fraction of sp³-hybridized carbons (Fsp3) is 0.188. The molecule has 0 saturated heterocycles. The molecule has 0 saturated carbocycles. The molecule has 0 heterocycles. The van der Waals surface area contributed by atoms with Crippen molar-refractivity contribution in [1.82, 2.24) is 4.83 Å². The zero-order chi connectivity index (χ0) is 18.6. The fourth-order valence-electron chi connectivity index (χ4n) is 2.12. The minimum Gasteiger partial charge on any atom is -0.508 e. The average molecular weight is 363 g/mol. The molecule has 0 spiro atoms. The Labute approximate surface area is 145 Å². The summed E-state index contributed by atoms with van der Waals surface area (Å²) in [6.45, 7) is 3.33. The number of benzene rings is 2. The molecule has 0 aliphatic rings. The quantitative estimate of drug-likeness (QED) is 0.464. The predicted octanol–water partition coefficient (Wildman–Crippen LogP) is 2.70. The van der Waals surface area contributed by atoms with Gasteiger partial charge in [0, 0.05) is 11.6 Å². The first kappa shape index (κ1) is 18.4. The molecule has 2 rings (SSSR count). The van der Waals surface area contributed by atoms with Crippen molar-refractivity contribution in [3.05, 3.63) is 63.7 Å². The maximum atomic E-state index is 12.3. The molecule has 0 fully saturated rings. The molecule has 0 aliphatic carbocycles. The van der Waals surface area contributed by atoms with Gasteiger partial charge < -0.3 is 5.11 Å². The average Bonchev–Trinajstić information content (AvgIpc) is 2.56. The van der Waals surface area contributed by atoms with Gasteiger partial charge in [-0.15, -0.1) is 0 Å². The van der Waals surface area contributed by atoms with Gasteiger partial charge in [-0.05, 0) is 49.2 Å². The number of nitrogens with one attached hydrogen (secondary N) is 1. The number of phenolic OH excluding ortho intramolecular Hbond substituents is 1. The van der Waals surface area contributed by atoms with E-state index in [0.29, 0.717) is 23.3 Å². The highest BCUT2D eigenvalue weighted by atomic mass is 32.2. The Hall–Kier alpha value is -2.94. The molecule has 132 valence electrons. The zero-order valence-electron chi connectivity index (χ0n) is 13.6. The summed E-state index contributed by atoms with van der Waals surface area (Å²) in [7, 11) is -4.05. The zero-order valence-corrected chi connectivity index (χ0v) is 14.4. The number of hydrazone groups is 1. The summed E-state index contributed by atoms with van der Waals surface area (Å²) in [4.78, 5) is 12.2. The second kappa shape index (κ2) is 7.31. The maximum absolute atomic E-state index is 12.3. The van der Waals surface area contributed by atoms with Crippen LogP contribution in [-0.4, -0.2) is 24.2 Å². The molecule has 0 atom stereocenters. The molecular weight excluding hydrogens is 346 g/mol. The second-order valence-electron chi connectivity index (χ2n) is 5.26. The predicted molar refractivity (Wildman–Crippen MR) is 93.1 cm³/mol. The Morgan fingerprint density at radius 1 is 1.24 bits per heavy atom. The number of aromatic hydroxyl groups is 1. The Kier molecular flexibility index (Phi) is 5.38. The molecule has 0 aromatic heterocycles. The Morgan fingerprint density at radius 3 is 2.44 bits per heavy atom. The van der Waals surface area contributed by atoms with E-state index in [2.05, 4.69) is 9.93 Å². The molecule has 0 aliphatic heterocycles. The smallest absolute Gasteiger partial charge is 0.276 e. The minimum absolute atomic E-state index is 0.0896. The van der Waals surface area contributed by atoms with Gasteiger partial charge in [-0.1, -0.05) is 13.0 Å². The number of hydrogen-bond acceptors (Lipinski definition) is 6. The number of nitro groups is 1. The first-order valence-electron chi connectivity index (χ1n) is 7.37. The lowest BCUT2D eigenvalue weighted by atomic mass is 10.1. The van der Waals surface area contributed by atoms with Gasteiger partial charge >= 0.3 is 0 Å². The van der Waals surface area contributed by atoms with Crippen molar-refractivity contribution < 1.29 is 18.4 Å². The number of nitro benzene ring substituents is 1. The van der Waals surface area contributed by atoms with E-state index in [-0.39, 0.29) is 16.3 Å². The first-order chi connectivity index (χ1) is 11.7. The molecule has 0 amide bonds. The van der Waals surface area contributed by atoms with Crippen molar-refractivity contribution in [2.45, 2.75) is 25.2 Å². The number of hydrogen-bond donors (Lipinski definition) is 2. The number of aryl methyl sites for hydroxylation is 1. The largest absolute Gasteiger partial charge is 0.508 e. The second-order valence-corrected chi connectivity index (χ2v) is 6.92. The van der Waals surface area contributed by atoms with E-state index in [1.165, 1.54) is 31.2 Å². The lowest BCUT2D eigenvalue weighted by Crippen LogP contribution is -2.20. The van der Waals surface area contributed by atoms with Crippen LogP contribution >= 0.6 is 0 Å². The molecule has 0 bridgehead atoms. The molecule has 0 unspecified atom stereocenters. The van der Waals surface area contributed by atoms with Gasteiger partial charge in [-0.25, -0.2) is 0 Å². The van der Waals surface area contributed by atoms with Crippen LogP contribution in [0.25, 0.3) is 0 Å². The van der Waals surface area contributed by atoms with E-state index in [4.69, 9.17) is 0 Å². The van der Waals surface area contributed by atoms with Gasteiger partial charge in [0.05, 0.1) is 15.5 Å². The maximum Gasteiger partial charge on any atom is 0.276 e. The van der Waals surface area contributed by atoms with Gasteiger partial charge in [0.1, 0.15) is 5.75 Å². The minimum atomic E-state index is -4.05. The third-order valence-corrected chi connectivity index (χ3v) is 4.73. The van der Waals surface area contributed by atoms with E-state index in [1.807, 2.05) is 0 Å². The molecule has 9 heteroatoms. The summed E-state index contributed by atoms with van der Waals surface area (Å²) in [5, 5.41) is 24.2. The normalized spacial score (nSPS) is 12.0. The van der Waals surface area contributed by atoms with Crippen LogP contribution in [0, 0.1) is 17.0 Å². The van der Waals surface area contributed by atoms with E-state index in [0.717, 1.165) is 6.07 Å². The number of sulfonamides is 1. The van der Waals surface area contributed by atoms with Crippen molar-refractivity contribution in [1.29, 1.82) is 0 Å². The van der Waals surface area contributed by atoms with Crippen LogP contribution in [0.4, 0.5) is 5.69 Å². The highest BCUT2D eigenvalue weighted by Gasteiger charge is 2.19. The molecule has 25 heavy (non-hydrogen) atoms. The van der Waals surface area contributed by atoms with Crippen molar-refractivity contribution >= 4 is 21.4 Å². The van der Waals surface area contributed by atoms with Crippen LogP contribution in [0.5, 0.6) is 5.75 Å². The van der Waals surface area contributed by atoms with Crippen molar-refractivity contribution in [3.63, 3.8) is 0 Å². The van der Waals surface area contributed by atoms with E-state index >= 15 is 0 Å². The standard InChI is InChI=1S/C16H17N3O5S/c1-3-15(12-5-7-13(20)8-6-12)17-18-25(23,24)14-9-4-11(2)16(10-14)19(21)22/h4-10,18,20H,3H2,1-2H3/b17-15+. The third kappa shape index (κ3) is 4.32. The van der Waals surface area contributed by atoms with Crippen LogP contribution in [-0.2, 0) is 10.0 Å². The Balaban J connectivity index is 2.33. The highest BCUT2D eigenvalue weighted by Crippen LogP contribution is 2.22. The molecule has 2 aromatic carbocycles. The fourth-order valence-corrected chi connectivity index (χ4v) is 2.97. The molecule has 2 aromatic rings. The summed E-state index contributed by atoms with van der Waals surface area (Å²) in [5.74, 6) is 0.0896. The van der Waals surface area contributed by atoms with Crippen LogP contribution in [0.3, 0.4) is 0 Å². The molecule has 8 nitrogen and oxygen atoms in total. The molecule has 2 N–H and O–H groups in total. The lowest BCUT2D eigenvalue weighted by molar-refractivity contribution is -0.385. The van der Waals surface area contributed by atoms with Crippen LogP contribution in [0.15, 0.2) is 52.5 Å². The number of nitrogens with zero attached hydrogens (tertiary/aromatic N) is 2. The van der Waals surface area contributed by atoms with Gasteiger partial charge in [0.25, 0.3) is 15.7 Å². The van der Waals surface area contributed by atoms with Gasteiger partial charge in [-0.2, -0.15) is 18.4 Å². The SMILES string of the molecule is CC/C(=N\NS(=O)(=O)c1ccc(C)c([N+](=O)[O-])c1)c1ccc(O)cc1. The van der Waals surface area contributed by atoms with Gasteiger partial charge in [-0.3, -0.25) is 10.1 Å². The molecular formula is C16H17N3O5S. The Bertz CT molecular complexity index is 921. The van der Waals surface area contributed by atoms with Crippen molar-refractivity contribution in [2.75, 3.05) is 0 Å². The van der Waals surface area contributed by atoms with Crippen molar-refractivity contribution in [2.24, 2.45) is 5.10 Å². The topological polar surface area (TPSA) is 122 Å².